The highest BCUT2D eigenvalue weighted by Crippen LogP contribution is 2.25. The predicted octanol–water partition coefficient (Wildman–Crippen LogP) is 4.43. The van der Waals surface area contributed by atoms with Gasteiger partial charge >= 0.3 is 0 Å². The molecule has 0 unspecified atom stereocenters. The zero-order valence-electron chi connectivity index (χ0n) is 11.6. The largest absolute Gasteiger partial charge is 0.340 e. The first kappa shape index (κ1) is 14.9. The smallest absolute Gasteiger partial charge is 0.262 e. The van der Waals surface area contributed by atoms with Crippen molar-refractivity contribution in [1.82, 2.24) is 10.3 Å². The van der Waals surface area contributed by atoms with Crippen molar-refractivity contribution in [2.45, 2.75) is 6.04 Å². The first-order valence-corrected chi connectivity index (χ1v) is 8.36. The van der Waals surface area contributed by atoms with E-state index in [4.69, 9.17) is 0 Å². The fourth-order valence-corrected chi connectivity index (χ4v) is 3.49. The third-order valence-corrected chi connectivity index (χ3v) is 4.87. The van der Waals surface area contributed by atoms with Gasteiger partial charge < -0.3 is 5.32 Å². The van der Waals surface area contributed by atoms with Crippen LogP contribution in [0.5, 0.6) is 0 Å². The molecule has 1 atom stereocenters. The summed E-state index contributed by atoms with van der Waals surface area (Å²) in [4.78, 5) is 17.2. The van der Waals surface area contributed by atoms with Crippen molar-refractivity contribution in [2.24, 2.45) is 0 Å². The molecule has 0 fully saturated rings. The Hall–Kier alpha value is -1.98. The number of benzene rings is 1. The minimum absolute atomic E-state index is 0.0821. The summed E-state index contributed by atoms with van der Waals surface area (Å²) in [6, 6.07) is 17.3. The highest BCUT2D eigenvalue weighted by atomic mass is 79.9. The Morgan fingerprint density at radius 3 is 2.32 bits per heavy atom. The molecule has 110 valence electrons. The standard InChI is InChI=1S/C17H13BrN2OS/c18-15-7-6-14(22-15)17(21)20-16(12-4-2-1-3-5-12)13-8-10-19-11-9-13/h1-11,16H,(H,20,21)/t16-/m1/s1. The molecule has 5 heteroatoms. The van der Waals surface area contributed by atoms with Gasteiger partial charge in [-0.3, -0.25) is 9.78 Å². The second kappa shape index (κ2) is 6.85. The average Bonchev–Trinajstić information content (AvgIpc) is 3.01. The van der Waals surface area contributed by atoms with Gasteiger partial charge in [0.1, 0.15) is 0 Å². The van der Waals surface area contributed by atoms with Crippen molar-refractivity contribution in [1.29, 1.82) is 0 Å². The first-order chi connectivity index (χ1) is 10.7. The molecule has 0 aliphatic rings. The van der Waals surface area contributed by atoms with Gasteiger partial charge in [-0.15, -0.1) is 11.3 Å². The van der Waals surface area contributed by atoms with E-state index in [-0.39, 0.29) is 11.9 Å². The summed E-state index contributed by atoms with van der Waals surface area (Å²) < 4.78 is 0.942. The van der Waals surface area contributed by atoms with Gasteiger partial charge in [0.05, 0.1) is 14.7 Å². The summed E-state index contributed by atoms with van der Waals surface area (Å²) in [6.45, 7) is 0. The molecule has 2 heterocycles. The lowest BCUT2D eigenvalue weighted by atomic mass is 9.99. The van der Waals surface area contributed by atoms with Gasteiger partial charge in [0.2, 0.25) is 0 Å². The summed E-state index contributed by atoms with van der Waals surface area (Å²) in [5.74, 6) is -0.0821. The number of thiophene rings is 1. The van der Waals surface area contributed by atoms with Gasteiger partial charge in [0.15, 0.2) is 0 Å². The van der Waals surface area contributed by atoms with E-state index in [1.807, 2.05) is 54.6 Å². The molecule has 2 aromatic heterocycles. The van der Waals surface area contributed by atoms with Crippen LogP contribution in [0.3, 0.4) is 0 Å². The molecular formula is C17H13BrN2OS. The van der Waals surface area contributed by atoms with Crippen molar-refractivity contribution < 1.29 is 4.79 Å². The quantitative estimate of drug-likeness (QED) is 0.736. The van der Waals surface area contributed by atoms with E-state index in [1.165, 1.54) is 11.3 Å². The molecule has 0 radical (unpaired) electrons. The third kappa shape index (κ3) is 3.43. The van der Waals surface area contributed by atoms with Crippen molar-refractivity contribution in [3.05, 3.63) is 86.8 Å². The summed E-state index contributed by atoms with van der Waals surface area (Å²) in [5, 5.41) is 3.10. The van der Waals surface area contributed by atoms with E-state index in [1.54, 1.807) is 12.4 Å². The van der Waals surface area contributed by atoms with Crippen LogP contribution < -0.4 is 5.32 Å². The molecule has 0 saturated heterocycles. The Balaban J connectivity index is 1.91. The van der Waals surface area contributed by atoms with Crippen molar-refractivity contribution in [3.63, 3.8) is 0 Å². The average molecular weight is 373 g/mol. The van der Waals surface area contributed by atoms with E-state index >= 15 is 0 Å². The lowest BCUT2D eigenvalue weighted by molar-refractivity contribution is 0.0947. The molecule has 22 heavy (non-hydrogen) atoms. The molecular weight excluding hydrogens is 360 g/mol. The maximum absolute atomic E-state index is 12.5. The van der Waals surface area contributed by atoms with Gasteiger partial charge in [-0.2, -0.15) is 0 Å². The fourth-order valence-electron chi connectivity index (χ4n) is 2.20. The summed E-state index contributed by atoms with van der Waals surface area (Å²) >= 11 is 4.81. The Bertz CT molecular complexity index is 719. The monoisotopic (exact) mass is 372 g/mol. The lowest BCUT2D eigenvalue weighted by Gasteiger charge is -2.19. The Morgan fingerprint density at radius 2 is 1.68 bits per heavy atom. The van der Waals surface area contributed by atoms with Crippen LogP contribution in [0.25, 0.3) is 0 Å². The topological polar surface area (TPSA) is 42.0 Å². The number of nitrogens with one attached hydrogen (secondary N) is 1. The van der Waals surface area contributed by atoms with E-state index in [9.17, 15) is 4.79 Å². The molecule has 0 saturated carbocycles. The normalized spacial score (nSPS) is 11.9. The lowest BCUT2D eigenvalue weighted by Crippen LogP contribution is -2.28. The molecule has 1 amide bonds. The minimum atomic E-state index is -0.197. The molecule has 1 aromatic carbocycles. The molecule has 0 aliphatic carbocycles. The number of nitrogens with zero attached hydrogens (tertiary/aromatic N) is 1. The van der Waals surface area contributed by atoms with Gasteiger partial charge in [-0.05, 0) is 51.3 Å². The molecule has 3 nitrogen and oxygen atoms in total. The van der Waals surface area contributed by atoms with Crippen molar-refractivity contribution in [3.8, 4) is 0 Å². The molecule has 0 aliphatic heterocycles. The Kier molecular flexibility index (Phi) is 4.65. The van der Waals surface area contributed by atoms with E-state index in [0.29, 0.717) is 4.88 Å². The molecule has 0 spiro atoms. The van der Waals surface area contributed by atoms with Crippen LogP contribution in [-0.4, -0.2) is 10.9 Å². The zero-order chi connectivity index (χ0) is 15.4. The first-order valence-electron chi connectivity index (χ1n) is 6.75. The van der Waals surface area contributed by atoms with Gasteiger partial charge in [-0.25, -0.2) is 0 Å². The van der Waals surface area contributed by atoms with Gasteiger partial charge in [0, 0.05) is 12.4 Å². The number of carbonyl (C=O) groups is 1. The van der Waals surface area contributed by atoms with Crippen LogP contribution in [0, 0.1) is 0 Å². The molecule has 0 bridgehead atoms. The molecule has 3 rings (SSSR count). The second-order valence-corrected chi connectivity index (χ2v) is 7.16. The number of hydrogen-bond donors (Lipinski definition) is 1. The molecule has 3 aromatic rings. The number of pyridine rings is 1. The number of rotatable bonds is 4. The van der Waals surface area contributed by atoms with Crippen LogP contribution in [0.15, 0.2) is 70.8 Å². The second-order valence-electron chi connectivity index (χ2n) is 4.70. The van der Waals surface area contributed by atoms with Crippen LogP contribution in [0.1, 0.15) is 26.8 Å². The van der Waals surface area contributed by atoms with Crippen LogP contribution in [0.4, 0.5) is 0 Å². The van der Waals surface area contributed by atoms with Crippen LogP contribution >= 0.6 is 27.3 Å². The highest BCUT2D eigenvalue weighted by Gasteiger charge is 2.18. The third-order valence-electron chi connectivity index (χ3n) is 3.24. The number of aromatic nitrogens is 1. The number of halogens is 1. The van der Waals surface area contributed by atoms with Crippen LogP contribution in [-0.2, 0) is 0 Å². The zero-order valence-corrected chi connectivity index (χ0v) is 14.0. The van der Waals surface area contributed by atoms with Crippen molar-refractivity contribution >= 4 is 33.2 Å². The highest BCUT2D eigenvalue weighted by molar-refractivity contribution is 9.11. The van der Waals surface area contributed by atoms with E-state index in [0.717, 1.165) is 14.9 Å². The molecule has 1 N–H and O–H groups in total. The maximum atomic E-state index is 12.5. The van der Waals surface area contributed by atoms with Crippen LogP contribution in [0.2, 0.25) is 0 Å². The number of amides is 1. The van der Waals surface area contributed by atoms with E-state index < -0.39 is 0 Å². The predicted molar refractivity (Wildman–Crippen MR) is 92.0 cm³/mol. The SMILES string of the molecule is O=C(N[C@H](c1ccccc1)c1ccncc1)c1ccc(Br)s1. The number of hydrogen-bond acceptors (Lipinski definition) is 3. The van der Waals surface area contributed by atoms with Gasteiger partial charge in [-0.1, -0.05) is 30.3 Å². The maximum Gasteiger partial charge on any atom is 0.262 e. The van der Waals surface area contributed by atoms with Crippen molar-refractivity contribution in [2.75, 3.05) is 0 Å². The summed E-state index contributed by atoms with van der Waals surface area (Å²) in [7, 11) is 0. The van der Waals surface area contributed by atoms with E-state index in [2.05, 4.69) is 26.2 Å². The summed E-state index contributed by atoms with van der Waals surface area (Å²) in [6.07, 6.45) is 3.47. The number of carbonyl (C=O) groups excluding carboxylic acids is 1. The Labute approximate surface area is 141 Å². The summed E-state index contributed by atoms with van der Waals surface area (Å²) in [5.41, 5.74) is 2.04. The fraction of sp³-hybridized carbons (Fsp3) is 0.0588. The Morgan fingerprint density at radius 1 is 1.00 bits per heavy atom. The minimum Gasteiger partial charge on any atom is -0.340 e. The van der Waals surface area contributed by atoms with Gasteiger partial charge in [0.25, 0.3) is 5.91 Å².